The van der Waals surface area contributed by atoms with Crippen molar-refractivity contribution in [2.24, 2.45) is 0 Å². The molecular weight excluding hydrogens is 342 g/mol. The highest BCUT2D eigenvalue weighted by atomic mass is 32.2. The maximum atomic E-state index is 12.8. The highest BCUT2D eigenvalue weighted by Gasteiger charge is 2.41. The Morgan fingerprint density at radius 1 is 1.16 bits per heavy atom. The third kappa shape index (κ3) is 3.23. The molecule has 0 radical (unpaired) electrons. The van der Waals surface area contributed by atoms with Gasteiger partial charge in [-0.25, -0.2) is 9.69 Å². The number of methoxy groups -OCH3 is 1. The topological polar surface area (TPSA) is 83.9 Å². The van der Waals surface area contributed by atoms with E-state index in [1.54, 1.807) is 42.5 Å². The van der Waals surface area contributed by atoms with E-state index in [-0.39, 0.29) is 23.8 Å². The van der Waals surface area contributed by atoms with Crippen molar-refractivity contribution in [3.05, 3.63) is 54.1 Å². The summed E-state index contributed by atoms with van der Waals surface area (Å²) in [5, 5.41) is 8.60. The molecule has 0 saturated carbocycles. The van der Waals surface area contributed by atoms with Crippen LogP contribution in [-0.2, 0) is 9.59 Å². The zero-order valence-corrected chi connectivity index (χ0v) is 14.2. The van der Waals surface area contributed by atoms with E-state index in [4.69, 9.17) is 4.74 Å². The van der Waals surface area contributed by atoms with Gasteiger partial charge in [0.05, 0.1) is 23.6 Å². The number of thioether (sulfide) groups is 1. The van der Waals surface area contributed by atoms with E-state index in [0.717, 1.165) is 16.7 Å². The molecule has 1 aliphatic heterocycles. The van der Waals surface area contributed by atoms with Gasteiger partial charge in [0.2, 0.25) is 11.8 Å². The lowest BCUT2D eigenvalue weighted by atomic mass is 10.2. The second-order valence-corrected chi connectivity index (χ2v) is 6.60. The number of anilines is 1. The van der Waals surface area contributed by atoms with Gasteiger partial charge >= 0.3 is 5.97 Å². The Kier molecular flexibility index (Phi) is 4.76. The summed E-state index contributed by atoms with van der Waals surface area (Å²) in [5.74, 6) is -1.35. The van der Waals surface area contributed by atoms with Gasteiger partial charge in [0.15, 0.2) is 0 Å². The van der Waals surface area contributed by atoms with Crippen LogP contribution in [0.3, 0.4) is 0 Å². The summed E-state index contributed by atoms with van der Waals surface area (Å²) in [4.78, 5) is 38.0. The molecule has 0 aliphatic carbocycles. The monoisotopic (exact) mass is 357 g/mol. The molecule has 6 nitrogen and oxygen atoms in total. The van der Waals surface area contributed by atoms with Crippen LogP contribution < -0.4 is 9.64 Å². The largest absolute Gasteiger partial charge is 0.495 e. The lowest BCUT2D eigenvalue weighted by Crippen LogP contribution is -2.31. The van der Waals surface area contributed by atoms with Crippen LogP contribution in [0.4, 0.5) is 5.69 Å². The standard InChI is InChI=1S/C18H15NO5S/c1-24-13-8-4-3-7-12(13)19-16(20)10-15(17(19)21)25-14-9-5-2-6-11(14)18(22)23/h2-9,15H,10H2,1H3,(H,22,23)/t15-/m1/s1. The van der Waals surface area contributed by atoms with Crippen molar-refractivity contribution in [3.8, 4) is 5.75 Å². The maximum absolute atomic E-state index is 12.8. The van der Waals surface area contributed by atoms with Crippen LogP contribution in [0, 0.1) is 0 Å². The summed E-state index contributed by atoms with van der Waals surface area (Å²) in [6.07, 6.45) is 0.00943. The first-order valence-electron chi connectivity index (χ1n) is 7.51. The van der Waals surface area contributed by atoms with Gasteiger partial charge in [0.1, 0.15) is 5.75 Å². The number of carboxylic acids is 1. The smallest absolute Gasteiger partial charge is 0.336 e. The third-order valence-electron chi connectivity index (χ3n) is 3.82. The minimum absolute atomic E-state index is 0.00943. The molecule has 1 fully saturated rings. The van der Waals surface area contributed by atoms with Gasteiger partial charge in [-0.15, -0.1) is 11.8 Å². The molecule has 128 valence electrons. The number of rotatable bonds is 5. The SMILES string of the molecule is COc1ccccc1N1C(=O)C[C@@H](Sc2ccccc2C(=O)O)C1=O. The second kappa shape index (κ2) is 6.98. The summed E-state index contributed by atoms with van der Waals surface area (Å²) < 4.78 is 5.23. The summed E-state index contributed by atoms with van der Waals surface area (Å²) in [7, 11) is 1.47. The van der Waals surface area contributed by atoms with E-state index >= 15 is 0 Å². The van der Waals surface area contributed by atoms with Crippen LogP contribution in [0.15, 0.2) is 53.4 Å². The molecule has 0 bridgehead atoms. The third-order valence-corrected chi connectivity index (χ3v) is 5.08. The van der Waals surface area contributed by atoms with E-state index in [2.05, 4.69) is 0 Å². The van der Waals surface area contributed by atoms with Crippen molar-refractivity contribution in [2.75, 3.05) is 12.0 Å². The quantitative estimate of drug-likeness (QED) is 0.829. The molecular formula is C18H15NO5S. The lowest BCUT2D eigenvalue weighted by Gasteiger charge is -2.18. The highest BCUT2D eigenvalue weighted by Crippen LogP contribution is 2.38. The number of amides is 2. The van der Waals surface area contributed by atoms with Crippen LogP contribution >= 0.6 is 11.8 Å². The molecule has 0 aromatic heterocycles. The Balaban J connectivity index is 1.89. The molecule has 1 N–H and O–H groups in total. The Morgan fingerprint density at radius 2 is 1.84 bits per heavy atom. The number of benzene rings is 2. The molecule has 1 aliphatic rings. The Labute approximate surface area is 148 Å². The van der Waals surface area contributed by atoms with E-state index in [9.17, 15) is 19.5 Å². The van der Waals surface area contributed by atoms with Gasteiger partial charge in [-0.2, -0.15) is 0 Å². The van der Waals surface area contributed by atoms with Crippen LogP contribution in [-0.4, -0.2) is 35.2 Å². The molecule has 1 saturated heterocycles. The number of para-hydroxylation sites is 2. The Bertz CT molecular complexity index is 851. The molecule has 2 aromatic rings. The first kappa shape index (κ1) is 17.0. The number of aromatic carboxylic acids is 1. The predicted molar refractivity (Wildman–Crippen MR) is 93.2 cm³/mol. The van der Waals surface area contributed by atoms with Gasteiger partial charge in [-0.3, -0.25) is 9.59 Å². The highest BCUT2D eigenvalue weighted by molar-refractivity contribution is 8.00. The second-order valence-electron chi connectivity index (χ2n) is 5.35. The molecule has 2 aromatic carbocycles. The van der Waals surface area contributed by atoms with Crippen molar-refractivity contribution >= 4 is 35.2 Å². The van der Waals surface area contributed by atoms with E-state index in [0.29, 0.717) is 16.3 Å². The van der Waals surface area contributed by atoms with Gasteiger partial charge in [0, 0.05) is 11.3 Å². The lowest BCUT2D eigenvalue weighted by molar-refractivity contribution is -0.121. The van der Waals surface area contributed by atoms with Crippen LogP contribution in [0.1, 0.15) is 16.8 Å². The molecule has 1 heterocycles. The number of nitrogens with zero attached hydrogens (tertiary/aromatic N) is 1. The Morgan fingerprint density at radius 3 is 2.56 bits per heavy atom. The Hall–Kier alpha value is -2.80. The normalized spacial score (nSPS) is 17.0. The van der Waals surface area contributed by atoms with Crippen LogP contribution in [0.5, 0.6) is 5.75 Å². The van der Waals surface area contributed by atoms with E-state index < -0.39 is 11.2 Å². The zero-order chi connectivity index (χ0) is 18.0. The molecule has 2 amide bonds. The minimum atomic E-state index is -1.07. The molecule has 0 spiro atoms. The predicted octanol–water partition coefficient (Wildman–Crippen LogP) is 2.82. The minimum Gasteiger partial charge on any atom is -0.495 e. The molecule has 3 rings (SSSR count). The number of hydrogen-bond donors (Lipinski definition) is 1. The van der Waals surface area contributed by atoms with Gasteiger partial charge in [-0.05, 0) is 24.3 Å². The summed E-state index contributed by atoms with van der Waals surface area (Å²) in [5.41, 5.74) is 0.512. The maximum Gasteiger partial charge on any atom is 0.336 e. The summed E-state index contributed by atoms with van der Waals surface area (Å²) in [6, 6.07) is 13.2. The molecule has 0 unspecified atom stereocenters. The number of ether oxygens (including phenoxy) is 1. The number of hydrogen-bond acceptors (Lipinski definition) is 5. The average molecular weight is 357 g/mol. The summed E-state index contributed by atoms with van der Waals surface area (Å²) >= 11 is 1.10. The first-order chi connectivity index (χ1) is 12.0. The van der Waals surface area contributed by atoms with Crippen molar-refractivity contribution in [3.63, 3.8) is 0 Å². The van der Waals surface area contributed by atoms with Crippen molar-refractivity contribution in [2.45, 2.75) is 16.6 Å². The van der Waals surface area contributed by atoms with Gasteiger partial charge < -0.3 is 9.84 Å². The van der Waals surface area contributed by atoms with Gasteiger partial charge in [-0.1, -0.05) is 24.3 Å². The molecule has 25 heavy (non-hydrogen) atoms. The van der Waals surface area contributed by atoms with Crippen molar-refractivity contribution < 1.29 is 24.2 Å². The van der Waals surface area contributed by atoms with Crippen LogP contribution in [0.2, 0.25) is 0 Å². The number of imide groups is 1. The first-order valence-corrected chi connectivity index (χ1v) is 8.39. The molecule has 7 heteroatoms. The summed E-state index contributed by atoms with van der Waals surface area (Å²) in [6.45, 7) is 0. The molecule has 1 atom stereocenters. The fourth-order valence-electron chi connectivity index (χ4n) is 2.66. The van der Waals surface area contributed by atoms with Crippen LogP contribution in [0.25, 0.3) is 0 Å². The van der Waals surface area contributed by atoms with Crippen molar-refractivity contribution in [1.29, 1.82) is 0 Å². The fraction of sp³-hybridized carbons (Fsp3) is 0.167. The van der Waals surface area contributed by atoms with Gasteiger partial charge in [0.25, 0.3) is 0 Å². The van der Waals surface area contributed by atoms with E-state index in [1.165, 1.54) is 13.2 Å². The number of carbonyl (C=O) groups excluding carboxylic acids is 2. The number of carbonyl (C=O) groups is 3. The zero-order valence-electron chi connectivity index (χ0n) is 13.3. The number of carboxylic acid groups (broad SMARTS) is 1. The average Bonchev–Trinajstić information content (AvgIpc) is 2.88. The van der Waals surface area contributed by atoms with E-state index in [1.807, 2.05) is 0 Å². The fourth-order valence-corrected chi connectivity index (χ4v) is 3.84. The van der Waals surface area contributed by atoms with Crippen molar-refractivity contribution in [1.82, 2.24) is 0 Å².